The van der Waals surface area contributed by atoms with E-state index < -0.39 is 11.6 Å². The number of rotatable bonds is 2. The molecule has 6 nitrogen and oxygen atoms in total. The van der Waals surface area contributed by atoms with E-state index in [4.69, 9.17) is 0 Å². The first-order valence-electron chi connectivity index (χ1n) is 8.95. The molecule has 0 aromatic heterocycles. The maximum Gasteiger partial charge on any atom is 0.329 e. The van der Waals surface area contributed by atoms with E-state index in [9.17, 15) is 14.4 Å². The van der Waals surface area contributed by atoms with E-state index in [-0.39, 0.29) is 23.1 Å². The fourth-order valence-corrected chi connectivity index (χ4v) is 4.23. The maximum absolute atomic E-state index is 12.7. The molecule has 4 amide bonds. The molecule has 4 aliphatic rings. The third kappa shape index (κ3) is 1.94. The number of imide groups is 1. The van der Waals surface area contributed by atoms with Gasteiger partial charge >= 0.3 is 6.03 Å². The first kappa shape index (κ1) is 14.9. The van der Waals surface area contributed by atoms with Crippen molar-refractivity contribution in [3.05, 3.63) is 23.8 Å². The van der Waals surface area contributed by atoms with Crippen LogP contribution in [-0.4, -0.2) is 29.9 Å². The summed E-state index contributed by atoms with van der Waals surface area (Å²) < 4.78 is 0. The molecule has 2 aliphatic carbocycles. The molecule has 1 N–H and O–H groups in total. The number of hydrogen-bond donors (Lipinski definition) is 1. The summed E-state index contributed by atoms with van der Waals surface area (Å²) in [6.45, 7) is 4.22. The van der Waals surface area contributed by atoms with Gasteiger partial charge in [-0.3, -0.25) is 19.8 Å². The van der Waals surface area contributed by atoms with E-state index in [1.54, 1.807) is 13.8 Å². The van der Waals surface area contributed by atoms with Gasteiger partial charge in [0, 0.05) is 29.3 Å². The largest absolute Gasteiger partial charge is 0.329 e. The van der Waals surface area contributed by atoms with Crippen LogP contribution in [0.3, 0.4) is 0 Å². The Morgan fingerprint density at radius 2 is 1.92 bits per heavy atom. The minimum Gasteiger partial charge on any atom is -0.311 e. The van der Waals surface area contributed by atoms with Crippen molar-refractivity contribution in [1.29, 1.82) is 0 Å². The van der Waals surface area contributed by atoms with Crippen molar-refractivity contribution in [2.24, 2.45) is 5.92 Å². The molecule has 1 spiro atoms. The van der Waals surface area contributed by atoms with Crippen molar-refractivity contribution in [2.45, 2.75) is 50.5 Å². The first-order valence-corrected chi connectivity index (χ1v) is 8.95. The number of nitrogens with zero attached hydrogens (tertiary/aromatic N) is 2. The summed E-state index contributed by atoms with van der Waals surface area (Å²) in [6.07, 6.45) is 4.19. The average molecular weight is 339 g/mol. The molecule has 25 heavy (non-hydrogen) atoms. The Balaban J connectivity index is 1.59. The number of benzene rings is 1. The summed E-state index contributed by atoms with van der Waals surface area (Å²) in [4.78, 5) is 40.5. The Labute approximate surface area is 146 Å². The number of hydrogen-bond acceptors (Lipinski definition) is 3. The number of nitrogens with one attached hydrogen (secondary N) is 1. The lowest BCUT2D eigenvalue weighted by molar-refractivity contribution is -0.122. The van der Waals surface area contributed by atoms with E-state index in [2.05, 4.69) is 5.32 Å². The Hall–Kier alpha value is -2.37. The van der Waals surface area contributed by atoms with E-state index in [0.29, 0.717) is 5.69 Å². The smallest absolute Gasteiger partial charge is 0.311 e. The summed E-state index contributed by atoms with van der Waals surface area (Å²) in [5.74, 6) is 0.0736. The van der Waals surface area contributed by atoms with Crippen LogP contribution >= 0.6 is 0 Å². The summed E-state index contributed by atoms with van der Waals surface area (Å²) in [5.41, 5.74) is 1.99. The normalized spacial score (nSPS) is 25.4. The van der Waals surface area contributed by atoms with E-state index >= 15 is 0 Å². The molecule has 0 unspecified atom stereocenters. The van der Waals surface area contributed by atoms with Crippen LogP contribution in [0.2, 0.25) is 0 Å². The molecule has 5 rings (SSSR count). The van der Waals surface area contributed by atoms with Gasteiger partial charge < -0.3 is 4.90 Å². The van der Waals surface area contributed by atoms with Gasteiger partial charge in [0.25, 0.3) is 5.91 Å². The Bertz CT molecular complexity index is 836. The summed E-state index contributed by atoms with van der Waals surface area (Å²) >= 11 is 0. The van der Waals surface area contributed by atoms with Gasteiger partial charge in [-0.2, -0.15) is 0 Å². The third-order valence-corrected chi connectivity index (χ3v) is 6.15. The highest BCUT2D eigenvalue weighted by Gasteiger charge is 2.55. The van der Waals surface area contributed by atoms with Crippen LogP contribution in [0, 0.1) is 5.92 Å². The predicted molar refractivity (Wildman–Crippen MR) is 92.5 cm³/mol. The number of carbonyl (C=O) groups is 3. The number of amides is 4. The average Bonchev–Trinajstić information content (AvgIpc) is 3.45. The first-order chi connectivity index (χ1) is 11.8. The lowest BCUT2D eigenvalue weighted by atomic mass is 9.97. The highest BCUT2D eigenvalue weighted by Crippen LogP contribution is 2.58. The second-order valence-electron chi connectivity index (χ2n) is 8.33. The highest BCUT2D eigenvalue weighted by molar-refractivity contribution is 6.16. The highest BCUT2D eigenvalue weighted by atomic mass is 16.2. The van der Waals surface area contributed by atoms with Crippen LogP contribution in [0.5, 0.6) is 0 Å². The van der Waals surface area contributed by atoms with Crippen LogP contribution < -0.4 is 15.1 Å². The molecule has 130 valence electrons. The third-order valence-electron chi connectivity index (χ3n) is 6.15. The van der Waals surface area contributed by atoms with Crippen LogP contribution in [0.1, 0.15) is 45.1 Å². The van der Waals surface area contributed by atoms with Gasteiger partial charge in [-0.25, -0.2) is 4.79 Å². The molecule has 1 aromatic rings. The molecule has 2 saturated carbocycles. The molecular weight excluding hydrogens is 318 g/mol. The molecule has 2 aliphatic heterocycles. The minimum atomic E-state index is -0.938. The zero-order chi connectivity index (χ0) is 17.6. The van der Waals surface area contributed by atoms with Gasteiger partial charge in [-0.05, 0) is 57.2 Å². The minimum absolute atomic E-state index is 0.122. The summed E-state index contributed by atoms with van der Waals surface area (Å²) in [7, 11) is 0. The maximum atomic E-state index is 12.7. The molecule has 3 fully saturated rings. The van der Waals surface area contributed by atoms with Gasteiger partial charge in [-0.1, -0.05) is 6.07 Å². The number of anilines is 2. The molecule has 1 aromatic carbocycles. The Morgan fingerprint density at radius 3 is 2.48 bits per heavy atom. The zero-order valence-electron chi connectivity index (χ0n) is 14.5. The van der Waals surface area contributed by atoms with Crippen LogP contribution in [0.15, 0.2) is 18.2 Å². The molecule has 2 heterocycles. The second kappa shape index (κ2) is 4.42. The molecule has 0 radical (unpaired) electrons. The Morgan fingerprint density at radius 1 is 1.20 bits per heavy atom. The van der Waals surface area contributed by atoms with Crippen LogP contribution in [0.4, 0.5) is 16.2 Å². The Kier molecular flexibility index (Phi) is 2.64. The number of fused-ring (bicyclic) bond motifs is 2. The van der Waals surface area contributed by atoms with E-state index in [0.717, 1.165) is 37.9 Å². The van der Waals surface area contributed by atoms with Gasteiger partial charge in [0.05, 0.1) is 0 Å². The molecular formula is C19H21N3O3. The predicted octanol–water partition coefficient (Wildman–Crippen LogP) is 2.31. The van der Waals surface area contributed by atoms with Crippen molar-refractivity contribution in [3.63, 3.8) is 0 Å². The van der Waals surface area contributed by atoms with Gasteiger partial charge in [0.1, 0.15) is 5.54 Å². The standard InChI is InChI=1S/C19H21N3O3/c1-18(2)16(24)20-17(25)22(18)12-5-6-13-14(9-12)21(10-19(13)7-8-19)15(23)11-3-4-11/h5-6,9,11H,3-4,7-8,10H2,1-2H3,(H,20,24,25). The zero-order valence-corrected chi connectivity index (χ0v) is 14.5. The van der Waals surface area contributed by atoms with E-state index in [1.807, 2.05) is 23.1 Å². The van der Waals surface area contributed by atoms with Crippen molar-refractivity contribution in [3.8, 4) is 0 Å². The van der Waals surface area contributed by atoms with Crippen molar-refractivity contribution < 1.29 is 14.4 Å². The van der Waals surface area contributed by atoms with Crippen LogP contribution in [0.25, 0.3) is 0 Å². The summed E-state index contributed by atoms with van der Waals surface area (Å²) in [5, 5.41) is 2.38. The SMILES string of the molecule is CC1(C)C(=O)NC(=O)N1c1ccc2c(c1)N(C(=O)C1CC1)CC21CC1. The second-order valence-corrected chi connectivity index (χ2v) is 8.33. The summed E-state index contributed by atoms with van der Waals surface area (Å²) in [6, 6.07) is 5.46. The lowest BCUT2D eigenvalue weighted by Crippen LogP contribution is -2.44. The topological polar surface area (TPSA) is 69.7 Å². The molecule has 0 bridgehead atoms. The van der Waals surface area contributed by atoms with Crippen molar-refractivity contribution in [1.82, 2.24) is 5.32 Å². The quantitative estimate of drug-likeness (QED) is 0.841. The van der Waals surface area contributed by atoms with Crippen LogP contribution in [-0.2, 0) is 15.0 Å². The van der Waals surface area contributed by atoms with Crippen molar-refractivity contribution in [2.75, 3.05) is 16.3 Å². The lowest BCUT2D eigenvalue weighted by Gasteiger charge is -2.29. The monoisotopic (exact) mass is 339 g/mol. The van der Waals surface area contributed by atoms with Gasteiger partial charge in [0.2, 0.25) is 5.91 Å². The fraction of sp³-hybridized carbons (Fsp3) is 0.526. The van der Waals surface area contributed by atoms with Gasteiger partial charge in [0.15, 0.2) is 0 Å². The fourth-order valence-electron chi connectivity index (χ4n) is 4.23. The number of urea groups is 1. The molecule has 6 heteroatoms. The van der Waals surface area contributed by atoms with E-state index in [1.165, 1.54) is 10.5 Å². The number of carbonyl (C=O) groups excluding carboxylic acids is 3. The molecule has 1 saturated heterocycles. The molecule has 0 atom stereocenters. The van der Waals surface area contributed by atoms with Crippen molar-refractivity contribution >= 4 is 29.2 Å². The van der Waals surface area contributed by atoms with Gasteiger partial charge in [-0.15, -0.1) is 0 Å².